The third kappa shape index (κ3) is 1.77. The predicted molar refractivity (Wildman–Crippen MR) is 46.6 cm³/mol. The summed E-state index contributed by atoms with van der Waals surface area (Å²) in [6.07, 6.45) is 2.37. The van der Waals surface area contributed by atoms with E-state index in [0.717, 1.165) is 12.8 Å². The molecule has 0 amide bonds. The monoisotopic (exact) mass is 174 g/mol. The first kappa shape index (κ1) is 9.92. The summed E-state index contributed by atoms with van der Waals surface area (Å²) in [4.78, 5) is 0. The Balaban J connectivity index is 2.58. The van der Waals surface area contributed by atoms with Gasteiger partial charge >= 0.3 is 0 Å². The second-order valence-corrected chi connectivity index (χ2v) is 3.39. The van der Waals surface area contributed by atoms with Gasteiger partial charge in [0, 0.05) is 39.1 Å². The maximum absolute atomic E-state index is 5.82. The summed E-state index contributed by atoms with van der Waals surface area (Å²) >= 11 is 0. The molecule has 0 bridgehead atoms. The lowest BCUT2D eigenvalue weighted by molar-refractivity contribution is -0.226. The fourth-order valence-electron chi connectivity index (χ4n) is 1.67. The Hall–Kier alpha value is -0.160. The van der Waals surface area contributed by atoms with E-state index in [1.165, 1.54) is 0 Å². The number of methoxy groups -OCH3 is 2. The lowest BCUT2D eigenvalue weighted by atomic mass is 9.86. The van der Waals surface area contributed by atoms with Crippen molar-refractivity contribution in [2.75, 3.05) is 14.2 Å². The Morgan fingerprint density at radius 3 is 2.17 bits per heavy atom. The molecule has 4 heteroatoms. The van der Waals surface area contributed by atoms with Crippen molar-refractivity contribution in [2.45, 2.75) is 37.1 Å². The molecule has 0 saturated heterocycles. The van der Waals surface area contributed by atoms with Crippen LogP contribution < -0.4 is 11.5 Å². The van der Waals surface area contributed by atoms with E-state index in [9.17, 15) is 0 Å². The molecule has 0 aromatic rings. The molecular formula is C8H18N2O2. The molecule has 1 saturated carbocycles. The van der Waals surface area contributed by atoms with Gasteiger partial charge in [-0.1, -0.05) is 0 Å². The minimum atomic E-state index is -0.491. The van der Waals surface area contributed by atoms with Crippen molar-refractivity contribution in [3.63, 3.8) is 0 Å². The van der Waals surface area contributed by atoms with Gasteiger partial charge in [-0.05, 0) is 6.42 Å². The van der Waals surface area contributed by atoms with Gasteiger partial charge in [0.15, 0.2) is 5.79 Å². The highest BCUT2D eigenvalue weighted by molar-refractivity contribution is 4.90. The average molecular weight is 174 g/mol. The van der Waals surface area contributed by atoms with Gasteiger partial charge in [-0.15, -0.1) is 0 Å². The Labute approximate surface area is 73.2 Å². The zero-order valence-corrected chi connectivity index (χ0v) is 7.75. The minimum Gasteiger partial charge on any atom is -0.353 e. The van der Waals surface area contributed by atoms with Gasteiger partial charge in [-0.3, -0.25) is 0 Å². The fraction of sp³-hybridized carbons (Fsp3) is 1.00. The smallest absolute Gasteiger partial charge is 0.169 e. The van der Waals surface area contributed by atoms with E-state index in [1.54, 1.807) is 14.2 Å². The summed E-state index contributed by atoms with van der Waals surface area (Å²) in [5, 5.41) is 0. The third-order valence-corrected chi connectivity index (χ3v) is 2.70. The van der Waals surface area contributed by atoms with Crippen LogP contribution in [0.1, 0.15) is 19.3 Å². The van der Waals surface area contributed by atoms with Crippen molar-refractivity contribution in [3.05, 3.63) is 0 Å². The van der Waals surface area contributed by atoms with E-state index in [-0.39, 0.29) is 12.1 Å². The number of hydrogen-bond acceptors (Lipinski definition) is 4. The number of hydrogen-bond donors (Lipinski definition) is 2. The van der Waals surface area contributed by atoms with E-state index < -0.39 is 5.79 Å². The molecular weight excluding hydrogens is 156 g/mol. The van der Waals surface area contributed by atoms with Crippen LogP contribution in [0.3, 0.4) is 0 Å². The van der Waals surface area contributed by atoms with Crippen LogP contribution in [0, 0.1) is 0 Å². The SMILES string of the molecule is COC1(OC)CC[C@@H](N)[C@@H](N)C1. The van der Waals surface area contributed by atoms with Gasteiger partial charge in [0.25, 0.3) is 0 Å². The molecule has 1 rings (SSSR count). The molecule has 4 nitrogen and oxygen atoms in total. The summed E-state index contributed by atoms with van der Waals surface area (Å²) in [6.45, 7) is 0. The second-order valence-electron chi connectivity index (χ2n) is 3.39. The van der Waals surface area contributed by atoms with Crippen LogP contribution >= 0.6 is 0 Å². The van der Waals surface area contributed by atoms with E-state index in [0.29, 0.717) is 6.42 Å². The van der Waals surface area contributed by atoms with Gasteiger partial charge in [0.05, 0.1) is 0 Å². The van der Waals surface area contributed by atoms with Crippen molar-refractivity contribution in [1.82, 2.24) is 0 Å². The van der Waals surface area contributed by atoms with Crippen LogP contribution in [0.25, 0.3) is 0 Å². The van der Waals surface area contributed by atoms with E-state index in [1.807, 2.05) is 0 Å². The first-order valence-corrected chi connectivity index (χ1v) is 4.25. The topological polar surface area (TPSA) is 70.5 Å². The summed E-state index contributed by atoms with van der Waals surface area (Å²) in [5.41, 5.74) is 11.6. The quantitative estimate of drug-likeness (QED) is 0.569. The van der Waals surface area contributed by atoms with Gasteiger partial charge in [0.1, 0.15) is 0 Å². The molecule has 0 radical (unpaired) electrons. The minimum absolute atomic E-state index is 0.0151. The normalized spacial score (nSPS) is 35.0. The van der Waals surface area contributed by atoms with Gasteiger partial charge in [-0.25, -0.2) is 0 Å². The Morgan fingerprint density at radius 1 is 1.17 bits per heavy atom. The first-order valence-electron chi connectivity index (χ1n) is 4.25. The molecule has 4 N–H and O–H groups in total. The maximum atomic E-state index is 5.82. The summed E-state index contributed by atoms with van der Waals surface area (Å²) < 4.78 is 10.6. The Kier molecular flexibility index (Phi) is 3.06. The lowest BCUT2D eigenvalue weighted by Crippen LogP contribution is -2.53. The van der Waals surface area contributed by atoms with Crippen molar-refractivity contribution in [2.24, 2.45) is 11.5 Å². The van der Waals surface area contributed by atoms with Gasteiger partial charge in [0.2, 0.25) is 0 Å². The molecule has 12 heavy (non-hydrogen) atoms. The summed E-state index contributed by atoms with van der Waals surface area (Å²) in [7, 11) is 3.29. The second kappa shape index (κ2) is 3.70. The van der Waals surface area contributed by atoms with Crippen molar-refractivity contribution in [1.29, 1.82) is 0 Å². The van der Waals surface area contributed by atoms with Crippen LogP contribution in [0.2, 0.25) is 0 Å². The third-order valence-electron chi connectivity index (χ3n) is 2.70. The zero-order chi connectivity index (χ0) is 9.19. The fourth-order valence-corrected chi connectivity index (χ4v) is 1.67. The van der Waals surface area contributed by atoms with Crippen molar-refractivity contribution < 1.29 is 9.47 Å². The van der Waals surface area contributed by atoms with Gasteiger partial charge in [-0.2, -0.15) is 0 Å². The van der Waals surface area contributed by atoms with Gasteiger partial charge < -0.3 is 20.9 Å². The Morgan fingerprint density at radius 2 is 1.75 bits per heavy atom. The summed E-state index contributed by atoms with van der Waals surface area (Å²) in [6, 6.07) is 0.0714. The maximum Gasteiger partial charge on any atom is 0.169 e. The molecule has 1 aliphatic carbocycles. The number of ether oxygens (including phenoxy) is 2. The highest BCUT2D eigenvalue weighted by Gasteiger charge is 2.38. The van der Waals surface area contributed by atoms with Crippen LogP contribution in [0.15, 0.2) is 0 Å². The molecule has 1 fully saturated rings. The first-order chi connectivity index (χ1) is 5.63. The largest absolute Gasteiger partial charge is 0.353 e. The standard InChI is InChI=1S/C8H18N2O2/c1-11-8(12-2)4-3-6(9)7(10)5-8/h6-7H,3-5,9-10H2,1-2H3/t6-,7+/m1/s1. The molecule has 0 heterocycles. The number of nitrogens with two attached hydrogens (primary N) is 2. The highest BCUT2D eigenvalue weighted by Crippen LogP contribution is 2.30. The van der Waals surface area contributed by atoms with E-state index >= 15 is 0 Å². The molecule has 1 aliphatic rings. The zero-order valence-electron chi connectivity index (χ0n) is 7.75. The van der Waals surface area contributed by atoms with Crippen molar-refractivity contribution >= 4 is 0 Å². The number of rotatable bonds is 2. The molecule has 72 valence electrons. The van der Waals surface area contributed by atoms with Crippen LogP contribution in [0.5, 0.6) is 0 Å². The van der Waals surface area contributed by atoms with Crippen LogP contribution in [-0.2, 0) is 9.47 Å². The predicted octanol–water partition coefficient (Wildman–Crippen LogP) is -0.186. The molecule has 0 aliphatic heterocycles. The van der Waals surface area contributed by atoms with Crippen LogP contribution in [-0.4, -0.2) is 32.1 Å². The molecule has 0 aromatic carbocycles. The molecule has 0 aromatic heterocycles. The summed E-state index contributed by atoms with van der Waals surface area (Å²) in [5.74, 6) is -0.491. The van der Waals surface area contributed by atoms with Crippen LogP contribution in [0.4, 0.5) is 0 Å². The average Bonchev–Trinajstić information content (AvgIpc) is 2.10. The molecule has 0 spiro atoms. The molecule has 2 atom stereocenters. The molecule has 0 unspecified atom stereocenters. The Bertz CT molecular complexity index is 148. The lowest BCUT2D eigenvalue weighted by Gasteiger charge is -2.40. The highest BCUT2D eigenvalue weighted by atomic mass is 16.7. The van der Waals surface area contributed by atoms with E-state index in [4.69, 9.17) is 20.9 Å². The van der Waals surface area contributed by atoms with E-state index in [2.05, 4.69) is 0 Å². The van der Waals surface area contributed by atoms with Crippen molar-refractivity contribution in [3.8, 4) is 0 Å².